The van der Waals surface area contributed by atoms with E-state index >= 15 is 0 Å². The highest BCUT2D eigenvalue weighted by molar-refractivity contribution is 8.00. The summed E-state index contributed by atoms with van der Waals surface area (Å²) in [7, 11) is 0. The van der Waals surface area contributed by atoms with Crippen LogP contribution in [-0.2, 0) is 16.1 Å². The van der Waals surface area contributed by atoms with Crippen molar-refractivity contribution in [2.75, 3.05) is 6.61 Å². The molecule has 3 aromatic rings. The molecular formula is C21H23N3O2S. The second-order valence-corrected chi connectivity index (χ2v) is 7.10. The number of thioether (sulfide) groups is 1. The third kappa shape index (κ3) is 4.22. The molecule has 0 fully saturated rings. The van der Waals surface area contributed by atoms with Crippen molar-refractivity contribution in [3.63, 3.8) is 0 Å². The monoisotopic (exact) mass is 381 g/mol. The lowest BCUT2D eigenvalue weighted by atomic mass is 10.1. The van der Waals surface area contributed by atoms with Gasteiger partial charge in [0.1, 0.15) is 5.25 Å². The molecule has 0 radical (unpaired) electrons. The molecule has 0 amide bonds. The van der Waals surface area contributed by atoms with E-state index in [1.54, 1.807) is 0 Å². The van der Waals surface area contributed by atoms with E-state index in [9.17, 15) is 4.79 Å². The molecule has 0 aliphatic rings. The van der Waals surface area contributed by atoms with Gasteiger partial charge >= 0.3 is 5.97 Å². The van der Waals surface area contributed by atoms with Gasteiger partial charge < -0.3 is 9.30 Å². The van der Waals surface area contributed by atoms with Crippen LogP contribution in [0.3, 0.4) is 0 Å². The summed E-state index contributed by atoms with van der Waals surface area (Å²) in [5.41, 5.74) is 3.08. The fourth-order valence-corrected chi connectivity index (χ4v) is 3.99. The van der Waals surface area contributed by atoms with E-state index in [1.165, 1.54) is 11.8 Å². The average molecular weight is 382 g/mol. The zero-order chi connectivity index (χ0) is 19.2. The summed E-state index contributed by atoms with van der Waals surface area (Å²) in [6.07, 6.45) is 0. The number of aryl methyl sites for hydroxylation is 1. The van der Waals surface area contributed by atoms with Crippen molar-refractivity contribution < 1.29 is 9.53 Å². The van der Waals surface area contributed by atoms with Gasteiger partial charge in [-0.1, -0.05) is 66.4 Å². The smallest absolute Gasteiger partial charge is 0.324 e. The number of carbonyl (C=O) groups is 1. The van der Waals surface area contributed by atoms with Crippen LogP contribution in [0.5, 0.6) is 0 Å². The van der Waals surface area contributed by atoms with E-state index in [1.807, 2.05) is 60.0 Å². The standard InChI is InChI=1S/C21H23N3O2S/c1-4-24-19(17-14-10-9-11-15(17)3)22-23-21(24)27-18(20(25)26-5-2)16-12-7-6-8-13-16/h6-14,18H,4-5H2,1-3H3/t18-/m1/s1. The molecule has 1 aromatic heterocycles. The molecule has 3 rings (SSSR count). The van der Waals surface area contributed by atoms with Crippen LogP contribution in [0.1, 0.15) is 30.2 Å². The molecule has 0 bridgehead atoms. The van der Waals surface area contributed by atoms with Crippen molar-refractivity contribution in [1.82, 2.24) is 14.8 Å². The van der Waals surface area contributed by atoms with Crippen LogP contribution in [-0.4, -0.2) is 27.3 Å². The number of hydrogen-bond acceptors (Lipinski definition) is 5. The Labute approximate surface area is 163 Å². The van der Waals surface area contributed by atoms with Gasteiger partial charge in [-0.2, -0.15) is 0 Å². The summed E-state index contributed by atoms with van der Waals surface area (Å²) in [6.45, 7) is 6.98. The molecule has 0 aliphatic heterocycles. The first-order valence-corrected chi connectivity index (χ1v) is 9.91. The molecule has 0 unspecified atom stereocenters. The molecule has 0 N–H and O–H groups in total. The topological polar surface area (TPSA) is 57.0 Å². The van der Waals surface area contributed by atoms with Gasteiger partial charge in [0, 0.05) is 12.1 Å². The lowest BCUT2D eigenvalue weighted by Gasteiger charge is -2.16. The zero-order valence-corrected chi connectivity index (χ0v) is 16.6. The van der Waals surface area contributed by atoms with Gasteiger partial charge in [-0.15, -0.1) is 10.2 Å². The molecule has 27 heavy (non-hydrogen) atoms. The highest BCUT2D eigenvalue weighted by atomic mass is 32.2. The molecule has 2 aromatic carbocycles. The van der Waals surface area contributed by atoms with Crippen LogP contribution in [0.2, 0.25) is 0 Å². The fourth-order valence-electron chi connectivity index (χ4n) is 2.89. The minimum Gasteiger partial charge on any atom is -0.465 e. The predicted molar refractivity (Wildman–Crippen MR) is 108 cm³/mol. The Morgan fingerprint density at radius 3 is 2.44 bits per heavy atom. The Hall–Kier alpha value is -2.60. The number of rotatable bonds is 7. The SMILES string of the molecule is CCOC(=O)[C@H](Sc1nnc(-c2ccccc2C)n1CC)c1ccccc1. The van der Waals surface area contributed by atoms with Gasteiger partial charge in [0.25, 0.3) is 0 Å². The molecule has 0 aliphatic carbocycles. The van der Waals surface area contributed by atoms with Crippen LogP contribution in [0, 0.1) is 6.92 Å². The summed E-state index contributed by atoms with van der Waals surface area (Å²) in [5, 5.41) is 9.02. The summed E-state index contributed by atoms with van der Waals surface area (Å²) < 4.78 is 7.34. The molecule has 0 spiro atoms. The van der Waals surface area contributed by atoms with E-state index in [2.05, 4.69) is 30.1 Å². The van der Waals surface area contributed by atoms with E-state index in [4.69, 9.17) is 4.74 Å². The highest BCUT2D eigenvalue weighted by Gasteiger charge is 2.27. The van der Waals surface area contributed by atoms with Crippen LogP contribution in [0.15, 0.2) is 59.8 Å². The number of aromatic nitrogens is 3. The average Bonchev–Trinajstić information content (AvgIpc) is 3.09. The maximum absolute atomic E-state index is 12.6. The number of benzene rings is 2. The van der Waals surface area contributed by atoms with Crippen molar-refractivity contribution >= 4 is 17.7 Å². The van der Waals surface area contributed by atoms with Crippen molar-refractivity contribution in [3.8, 4) is 11.4 Å². The molecule has 1 atom stereocenters. The van der Waals surface area contributed by atoms with Crippen molar-refractivity contribution in [2.24, 2.45) is 0 Å². The zero-order valence-electron chi connectivity index (χ0n) is 15.8. The van der Waals surface area contributed by atoms with Gasteiger partial charge in [0.2, 0.25) is 0 Å². The summed E-state index contributed by atoms with van der Waals surface area (Å²) >= 11 is 1.38. The van der Waals surface area contributed by atoms with Crippen molar-refractivity contribution in [2.45, 2.75) is 37.7 Å². The molecule has 5 nitrogen and oxygen atoms in total. The maximum Gasteiger partial charge on any atom is 0.324 e. The van der Waals surface area contributed by atoms with Gasteiger partial charge in [0.15, 0.2) is 11.0 Å². The van der Waals surface area contributed by atoms with Crippen molar-refractivity contribution in [3.05, 3.63) is 65.7 Å². The Morgan fingerprint density at radius 2 is 1.78 bits per heavy atom. The Balaban J connectivity index is 1.97. The number of carbonyl (C=O) groups excluding carboxylic acids is 1. The second kappa shape index (κ2) is 8.86. The summed E-state index contributed by atoms with van der Waals surface area (Å²) in [6, 6.07) is 17.7. The maximum atomic E-state index is 12.6. The second-order valence-electron chi connectivity index (χ2n) is 6.03. The van der Waals surface area contributed by atoms with Gasteiger partial charge in [-0.3, -0.25) is 4.79 Å². The molecule has 6 heteroatoms. The van der Waals surface area contributed by atoms with Gasteiger partial charge in [0.05, 0.1) is 6.61 Å². The minimum atomic E-state index is -0.481. The van der Waals surface area contributed by atoms with Gasteiger partial charge in [-0.05, 0) is 31.9 Å². The van der Waals surface area contributed by atoms with Crippen LogP contribution < -0.4 is 0 Å². The lowest BCUT2D eigenvalue weighted by molar-refractivity contribution is -0.142. The largest absolute Gasteiger partial charge is 0.465 e. The van der Waals surface area contributed by atoms with E-state index in [-0.39, 0.29) is 5.97 Å². The van der Waals surface area contributed by atoms with E-state index < -0.39 is 5.25 Å². The Bertz CT molecular complexity index is 909. The first-order chi connectivity index (χ1) is 13.2. The Kier molecular flexibility index (Phi) is 6.29. The molecule has 0 saturated carbocycles. The normalized spacial score (nSPS) is 12.0. The molecule has 1 heterocycles. The van der Waals surface area contributed by atoms with E-state index in [0.717, 1.165) is 22.5 Å². The number of hydrogen-bond donors (Lipinski definition) is 0. The molecule has 140 valence electrons. The van der Waals surface area contributed by atoms with Gasteiger partial charge in [-0.25, -0.2) is 0 Å². The third-order valence-electron chi connectivity index (χ3n) is 4.25. The van der Waals surface area contributed by atoms with Crippen molar-refractivity contribution in [1.29, 1.82) is 0 Å². The summed E-state index contributed by atoms with van der Waals surface area (Å²) in [5.74, 6) is 0.547. The highest BCUT2D eigenvalue weighted by Crippen LogP contribution is 2.37. The number of esters is 1. The quantitative estimate of drug-likeness (QED) is 0.440. The summed E-state index contributed by atoms with van der Waals surface area (Å²) in [4.78, 5) is 12.6. The Morgan fingerprint density at radius 1 is 1.07 bits per heavy atom. The molecular weight excluding hydrogens is 358 g/mol. The van der Waals surface area contributed by atoms with Crippen LogP contribution in [0.25, 0.3) is 11.4 Å². The third-order valence-corrected chi connectivity index (χ3v) is 5.46. The number of ether oxygens (including phenoxy) is 1. The number of nitrogens with zero attached hydrogens (tertiary/aromatic N) is 3. The lowest BCUT2D eigenvalue weighted by Crippen LogP contribution is -2.14. The van der Waals surface area contributed by atoms with Crippen LogP contribution >= 0.6 is 11.8 Å². The first kappa shape index (κ1) is 19.2. The minimum absolute atomic E-state index is 0.267. The van der Waals surface area contributed by atoms with E-state index in [0.29, 0.717) is 18.3 Å². The predicted octanol–water partition coefficient (Wildman–Crippen LogP) is 4.67. The first-order valence-electron chi connectivity index (χ1n) is 9.03. The fraction of sp³-hybridized carbons (Fsp3) is 0.286. The van der Waals surface area contributed by atoms with Crippen LogP contribution in [0.4, 0.5) is 0 Å². The molecule has 0 saturated heterocycles.